The van der Waals surface area contributed by atoms with E-state index in [2.05, 4.69) is 0 Å². The molecule has 0 aromatic heterocycles. The summed E-state index contributed by atoms with van der Waals surface area (Å²) >= 11 is 7.65. The fraction of sp³-hybridized carbons (Fsp3) is 0.400. The molecule has 1 fully saturated rings. The number of thioether (sulfide) groups is 1. The lowest BCUT2D eigenvalue weighted by Gasteiger charge is -2.04. The number of nitrogen functional groups attached to an aromatic ring is 1. The van der Waals surface area contributed by atoms with Crippen molar-refractivity contribution in [2.24, 2.45) is 5.92 Å². The highest BCUT2D eigenvalue weighted by Crippen LogP contribution is 2.37. The van der Waals surface area contributed by atoms with Crippen molar-refractivity contribution < 1.29 is 0 Å². The van der Waals surface area contributed by atoms with Gasteiger partial charge in [0.25, 0.3) is 0 Å². The van der Waals surface area contributed by atoms with Gasteiger partial charge in [0, 0.05) is 21.4 Å². The van der Waals surface area contributed by atoms with Crippen molar-refractivity contribution in [3.63, 3.8) is 0 Å². The highest BCUT2D eigenvalue weighted by molar-refractivity contribution is 7.99. The minimum absolute atomic E-state index is 0.716. The van der Waals surface area contributed by atoms with Crippen molar-refractivity contribution >= 4 is 29.1 Å². The van der Waals surface area contributed by atoms with Crippen LogP contribution in [0, 0.1) is 5.92 Å². The molecule has 1 saturated carbocycles. The zero-order valence-electron chi connectivity index (χ0n) is 7.29. The number of nitrogens with two attached hydrogens (primary N) is 1. The van der Waals surface area contributed by atoms with Gasteiger partial charge in [-0.05, 0) is 37.0 Å². The quantitative estimate of drug-likeness (QED) is 0.615. The van der Waals surface area contributed by atoms with Gasteiger partial charge in [-0.15, -0.1) is 11.8 Å². The highest BCUT2D eigenvalue weighted by atomic mass is 35.5. The Morgan fingerprint density at radius 3 is 2.85 bits per heavy atom. The van der Waals surface area contributed by atoms with Crippen LogP contribution in [0.25, 0.3) is 0 Å². The Balaban J connectivity index is 2.01. The van der Waals surface area contributed by atoms with E-state index in [0.717, 1.165) is 16.5 Å². The molecule has 0 amide bonds. The van der Waals surface area contributed by atoms with Crippen molar-refractivity contribution in [1.29, 1.82) is 0 Å². The van der Waals surface area contributed by atoms with E-state index in [1.54, 1.807) is 0 Å². The van der Waals surface area contributed by atoms with Gasteiger partial charge in [-0.25, -0.2) is 0 Å². The van der Waals surface area contributed by atoms with Gasteiger partial charge in [0.15, 0.2) is 0 Å². The second-order valence-corrected chi connectivity index (χ2v) is 4.93. The van der Waals surface area contributed by atoms with Crippen LogP contribution < -0.4 is 5.73 Å². The van der Waals surface area contributed by atoms with E-state index < -0.39 is 0 Å². The van der Waals surface area contributed by atoms with Crippen LogP contribution in [0.4, 0.5) is 5.69 Å². The van der Waals surface area contributed by atoms with Gasteiger partial charge in [0.2, 0.25) is 0 Å². The van der Waals surface area contributed by atoms with Gasteiger partial charge < -0.3 is 5.73 Å². The van der Waals surface area contributed by atoms with Gasteiger partial charge in [-0.3, -0.25) is 0 Å². The molecule has 0 saturated heterocycles. The number of benzene rings is 1. The summed E-state index contributed by atoms with van der Waals surface area (Å²) in [5.41, 5.74) is 6.63. The SMILES string of the molecule is Nc1cc(Cl)ccc1SCC1CC1. The molecular weight excluding hydrogens is 202 g/mol. The molecule has 1 aromatic carbocycles. The molecular formula is C10H12ClNS. The van der Waals surface area contributed by atoms with Crippen molar-refractivity contribution in [2.75, 3.05) is 11.5 Å². The van der Waals surface area contributed by atoms with Crippen LogP contribution in [-0.4, -0.2) is 5.75 Å². The van der Waals surface area contributed by atoms with E-state index in [1.807, 2.05) is 30.0 Å². The average Bonchev–Trinajstić information content (AvgIpc) is 2.86. The maximum Gasteiger partial charge on any atom is 0.0467 e. The third-order valence-corrected chi connectivity index (χ3v) is 3.70. The molecule has 3 heteroatoms. The molecule has 13 heavy (non-hydrogen) atoms. The van der Waals surface area contributed by atoms with Crippen LogP contribution in [0.2, 0.25) is 5.02 Å². The highest BCUT2D eigenvalue weighted by Gasteiger charge is 2.21. The van der Waals surface area contributed by atoms with Crippen LogP contribution in [0.3, 0.4) is 0 Å². The van der Waals surface area contributed by atoms with Crippen LogP contribution in [-0.2, 0) is 0 Å². The Kier molecular flexibility index (Phi) is 2.70. The molecule has 0 heterocycles. The van der Waals surface area contributed by atoms with E-state index in [0.29, 0.717) is 5.02 Å². The lowest BCUT2D eigenvalue weighted by molar-refractivity contribution is 1.00. The summed E-state index contributed by atoms with van der Waals surface area (Å²) in [5, 5.41) is 0.716. The van der Waals surface area contributed by atoms with Crippen molar-refractivity contribution in [2.45, 2.75) is 17.7 Å². The van der Waals surface area contributed by atoms with Crippen LogP contribution in [0.1, 0.15) is 12.8 Å². The molecule has 0 bridgehead atoms. The summed E-state index contributed by atoms with van der Waals surface area (Å²) in [6, 6.07) is 5.72. The third-order valence-electron chi connectivity index (χ3n) is 2.14. The summed E-state index contributed by atoms with van der Waals surface area (Å²) in [7, 11) is 0. The smallest absolute Gasteiger partial charge is 0.0467 e. The van der Waals surface area contributed by atoms with Crippen molar-refractivity contribution in [3.8, 4) is 0 Å². The summed E-state index contributed by atoms with van der Waals surface area (Å²) in [6.45, 7) is 0. The topological polar surface area (TPSA) is 26.0 Å². The normalized spacial score (nSPS) is 16.1. The zero-order chi connectivity index (χ0) is 9.26. The largest absolute Gasteiger partial charge is 0.398 e. The Hall–Kier alpha value is -0.340. The second-order valence-electron chi connectivity index (χ2n) is 3.44. The summed E-state index contributed by atoms with van der Waals surface area (Å²) in [6.07, 6.45) is 2.78. The molecule has 2 N–H and O–H groups in total. The van der Waals surface area contributed by atoms with E-state index in [1.165, 1.54) is 18.6 Å². The molecule has 0 unspecified atom stereocenters. The number of rotatable bonds is 3. The Morgan fingerprint density at radius 1 is 1.46 bits per heavy atom. The number of anilines is 1. The van der Waals surface area contributed by atoms with Crippen molar-refractivity contribution in [3.05, 3.63) is 23.2 Å². The molecule has 1 aliphatic rings. The average molecular weight is 214 g/mol. The number of halogens is 1. The monoisotopic (exact) mass is 213 g/mol. The van der Waals surface area contributed by atoms with Gasteiger partial charge in [0.1, 0.15) is 0 Å². The van der Waals surface area contributed by atoms with Gasteiger partial charge in [-0.2, -0.15) is 0 Å². The molecule has 0 radical (unpaired) electrons. The molecule has 0 spiro atoms. The molecule has 0 atom stereocenters. The van der Waals surface area contributed by atoms with E-state index >= 15 is 0 Å². The molecule has 2 rings (SSSR count). The van der Waals surface area contributed by atoms with Crippen LogP contribution in [0.5, 0.6) is 0 Å². The lowest BCUT2D eigenvalue weighted by atomic mass is 10.3. The minimum Gasteiger partial charge on any atom is -0.398 e. The molecule has 1 aromatic rings. The fourth-order valence-electron chi connectivity index (χ4n) is 1.14. The predicted octanol–water partition coefficient (Wildman–Crippen LogP) is 3.42. The summed E-state index contributed by atoms with van der Waals surface area (Å²) < 4.78 is 0. The summed E-state index contributed by atoms with van der Waals surface area (Å²) in [5.74, 6) is 2.13. The maximum absolute atomic E-state index is 5.82. The first kappa shape index (κ1) is 9.22. The Morgan fingerprint density at radius 2 is 2.23 bits per heavy atom. The summed E-state index contributed by atoms with van der Waals surface area (Å²) in [4.78, 5) is 1.16. The molecule has 1 nitrogen and oxygen atoms in total. The first-order chi connectivity index (χ1) is 6.25. The van der Waals surface area contributed by atoms with Crippen molar-refractivity contribution in [1.82, 2.24) is 0 Å². The van der Waals surface area contributed by atoms with Gasteiger partial charge in [0.05, 0.1) is 0 Å². The van der Waals surface area contributed by atoms with E-state index in [9.17, 15) is 0 Å². The Bertz CT molecular complexity index is 310. The standard InChI is InChI=1S/C10H12ClNS/c11-8-3-4-10(9(12)5-8)13-6-7-1-2-7/h3-5,7H,1-2,6,12H2. The first-order valence-corrected chi connectivity index (χ1v) is 5.80. The van der Waals surface area contributed by atoms with Gasteiger partial charge >= 0.3 is 0 Å². The lowest BCUT2D eigenvalue weighted by Crippen LogP contribution is -1.89. The van der Waals surface area contributed by atoms with E-state index in [-0.39, 0.29) is 0 Å². The first-order valence-electron chi connectivity index (χ1n) is 4.43. The number of hydrogen-bond donors (Lipinski definition) is 1. The predicted molar refractivity (Wildman–Crippen MR) is 59.3 cm³/mol. The molecule has 0 aliphatic heterocycles. The Labute approximate surface area is 87.7 Å². The molecule has 70 valence electrons. The maximum atomic E-state index is 5.82. The second kappa shape index (κ2) is 3.81. The third kappa shape index (κ3) is 2.55. The van der Waals surface area contributed by atoms with Crippen LogP contribution in [0.15, 0.2) is 23.1 Å². The number of hydrogen-bond acceptors (Lipinski definition) is 2. The zero-order valence-corrected chi connectivity index (χ0v) is 8.87. The fourth-order valence-corrected chi connectivity index (χ4v) is 2.46. The van der Waals surface area contributed by atoms with Gasteiger partial charge in [-0.1, -0.05) is 11.6 Å². The van der Waals surface area contributed by atoms with Crippen LogP contribution >= 0.6 is 23.4 Å². The molecule has 1 aliphatic carbocycles. The minimum atomic E-state index is 0.716. The van der Waals surface area contributed by atoms with E-state index in [4.69, 9.17) is 17.3 Å².